The van der Waals surface area contributed by atoms with Crippen molar-refractivity contribution in [3.63, 3.8) is 0 Å². The van der Waals surface area contributed by atoms with Gasteiger partial charge in [0.1, 0.15) is 5.75 Å². The molecule has 2 N–H and O–H groups in total. The summed E-state index contributed by atoms with van der Waals surface area (Å²) in [7, 11) is 3.10. The van der Waals surface area contributed by atoms with E-state index in [0.717, 1.165) is 12.0 Å². The van der Waals surface area contributed by atoms with Crippen molar-refractivity contribution in [2.45, 2.75) is 32.8 Å². The van der Waals surface area contributed by atoms with E-state index in [0.29, 0.717) is 34.9 Å². The molecule has 0 aromatic heterocycles. The SMILES string of the molecule is CCCC(Oc1ccc(C)cc1N)C(=O)c1ccc(OC)c(OC)c1. The number of carbonyl (C=O) groups excluding carboxylic acids is 1. The van der Waals surface area contributed by atoms with Gasteiger partial charge in [0.15, 0.2) is 17.6 Å². The molecule has 0 aliphatic carbocycles. The third-order valence-corrected chi connectivity index (χ3v) is 3.95. The van der Waals surface area contributed by atoms with Crippen LogP contribution in [0.3, 0.4) is 0 Å². The Balaban J connectivity index is 2.28. The lowest BCUT2D eigenvalue weighted by Gasteiger charge is -2.19. The maximum atomic E-state index is 12.9. The third-order valence-electron chi connectivity index (χ3n) is 3.95. The molecule has 0 saturated carbocycles. The molecule has 134 valence electrons. The quantitative estimate of drug-likeness (QED) is 0.579. The lowest BCUT2D eigenvalue weighted by atomic mass is 10.0. The van der Waals surface area contributed by atoms with Crippen LogP contribution in [0.25, 0.3) is 0 Å². The van der Waals surface area contributed by atoms with Crippen LogP contribution >= 0.6 is 0 Å². The van der Waals surface area contributed by atoms with Crippen LogP contribution in [0.1, 0.15) is 35.7 Å². The van der Waals surface area contributed by atoms with Crippen LogP contribution in [0.5, 0.6) is 17.2 Å². The molecule has 2 rings (SSSR count). The van der Waals surface area contributed by atoms with Gasteiger partial charge in [-0.2, -0.15) is 0 Å². The lowest BCUT2D eigenvalue weighted by Crippen LogP contribution is -2.27. The average Bonchev–Trinajstić information content (AvgIpc) is 2.62. The maximum absolute atomic E-state index is 12.9. The molecule has 0 aliphatic heterocycles. The highest BCUT2D eigenvalue weighted by Gasteiger charge is 2.23. The first-order chi connectivity index (χ1) is 12.0. The number of carbonyl (C=O) groups is 1. The first kappa shape index (κ1) is 18.6. The van der Waals surface area contributed by atoms with Crippen molar-refractivity contribution in [2.24, 2.45) is 0 Å². The molecule has 2 aromatic carbocycles. The summed E-state index contributed by atoms with van der Waals surface area (Å²) in [6, 6.07) is 10.7. The molecule has 5 nitrogen and oxygen atoms in total. The second-order valence-electron chi connectivity index (χ2n) is 5.87. The predicted molar refractivity (Wildman–Crippen MR) is 98.8 cm³/mol. The van der Waals surface area contributed by atoms with Gasteiger partial charge in [-0.15, -0.1) is 0 Å². The van der Waals surface area contributed by atoms with Crippen LogP contribution in [0.4, 0.5) is 5.69 Å². The van der Waals surface area contributed by atoms with E-state index in [2.05, 4.69) is 0 Å². The van der Waals surface area contributed by atoms with Crippen molar-refractivity contribution in [1.82, 2.24) is 0 Å². The van der Waals surface area contributed by atoms with Gasteiger partial charge in [0.25, 0.3) is 0 Å². The van der Waals surface area contributed by atoms with Crippen LogP contribution in [-0.2, 0) is 0 Å². The summed E-state index contributed by atoms with van der Waals surface area (Å²) in [5.41, 5.74) is 8.10. The normalized spacial score (nSPS) is 11.7. The van der Waals surface area contributed by atoms with Crippen LogP contribution in [-0.4, -0.2) is 26.1 Å². The highest BCUT2D eigenvalue weighted by molar-refractivity contribution is 6.00. The number of nitrogens with two attached hydrogens (primary N) is 1. The summed E-state index contributed by atoms with van der Waals surface area (Å²) in [5, 5.41) is 0. The molecule has 0 radical (unpaired) electrons. The largest absolute Gasteiger partial charge is 0.493 e. The van der Waals surface area contributed by atoms with Crippen molar-refractivity contribution in [2.75, 3.05) is 20.0 Å². The number of ether oxygens (including phenoxy) is 3. The number of benzene rings is 2. The molecule has 1 unspecified atom stereocenters. The lowest BCUT2D eigenvalue weighted by molar-refractivity contribution is 0.0778. The number of methoxy groups -OCH3 is 2. The highest BCUT2D eigenvalue weighted by atomic mass is 16.5. The van der Waals surface area contributed by atoms with E-state index in [1.165, 1.54) is 0 Å². The minimum absolute atomic E-state index is 0.109. The molecular formula is C20H25NO4. The molecular weight excluding hydrogens is 318 g/mol. The van der Waals surface area contributed by atoms with Crippen molar-refractivity contribution < 1.29 is 19.0 Å². The number of hydrogen-bond acceptors (Lipinski definition) is 5. The molecule has 0 fully saturated rings. The van der Waals surface area contributed by atoms with E-state index in [1.54, 1.807) is 38.5 Å². The molecule has 1 atom stereocenters. The number of aryl methyl sites for hydroxylation is 1. The van der Waals surface area contributed by atoms with E-state index < -0.39 is 6.10 Å². The Morgan fingerprint density at radius 2 is 1.72 bits per heavy atom. The van der Waals surface area contributed by atoms with E-state index in [4.69, 9.17) is 19.9 Å². The molecule has 0 aliphatic rings. The van der Waals surface area contributed by atoms with Gasteiger partial charge < -0.3 is 19.9 Å². The third kappa shape index (κ3) is 4.44. The van der Waals surface area contributed by atoms with Gasteiger partial charge >= 0.3 is 0 Å². The number of rotatable bonds is 8. The summed E-state index contributed by atoms with van der Waals surface area (Å²) >= 11 is 0. The van der Waals surface area contributed by atoms with Gasteiger partial charge in [0.2, 0.25) is 5.78 Å². The van der Waals surface area contributed by atoms with Gasteiger partial charge in [0, 0.05) is 5.56 Å². The zero-order chi connectivity index (χ0) is 18.4. The van der Waals surface area contributed by atoms with Crippen LogP contribution in [0, 0.1) is 6.92 Å². The average molecular weight is 343 g/mol. The fourth-order valence-corrected chi connectivity index (χ4v) is 2.61. The molecule has 0 heterocycles. The number of hydrogen-bond donors (Lipinski definition) is 1. The van der Waals surface area contributed by atoms with Crippen LogP contribution in [0.15, 0.2) is 36.4 Å². The number of ketones is 1. The summed E-state index contributed by atoms with van der Waals surface area (Å²) in [5.74, 6) is 1.51. The molecule has 0 bridgehead atoms. The second kappa shape index (κ2) is 8.42. The summed E-state index contributed by atoms with van der Waals surface area (Å²) in [6.45, 7) is 3.97. The Morgan fingerprint density at radius 1 is 1.04 bits per heavy atom. The van der Waals surface area contributed by atoms with E-state index in [1.807, 2.05) is 26.0 Å². The van der Waals surface area contributed by atoms with Crippen molar-refractivity contribution >= 4 is 11.5 Å². The Labute approximate surface area is 148 Å². The highest BCUT2D eigenvalue weighted by Crippen LogP contribution is 2.30. The Bertz CT molecular complexity index is 742. The summed E-state index contributed by atoms with van der Waals surface area (Å²) in [6.07, 6.45) is 0.809. The standard InChI is InChI=1S/C20H25NO4/c1-5-6-18(25-16-9-7-13(2)11-15(16)21)20(22)14-8-10-17(23-3)19(12-14)24-4/h7-12,18H,5-6,21H2,1-4H3. The number of Topliss-reactive ketones (excluding diaryl/α,β-unsaturated/α-hetero) is 1. The van der Waals surface area contributed by atoms with E-state index >= 15 is 0 Å². The number of nitrogen functional groups attached to an aromatic ring is 1. The molecule has 5 heteroatoms. The van der Waals surface area contributed by atoms with Gasteiger partial charge in [-0.3, -0.25) is 4.79 Å². The van der Waals surface area contributed by atoms with E-state index in [-0.39, 0.29) is 5.78 Å². The fraction of sp³-hybridized carbons (Fsp3) is 0.350. The van der Waals surface area contributed by atoms with Crippen molar-refractivity contribution in [3.8, 4) is 17.2 Å². The Hall–Kier alpha value is -2.69. The Kier molecular flexibility index (Phi) is 6.28. The van der Waals surface area contributed by atoms with Crippen molar-refractivity contribution in [1.29, 1.82) is 0 Å². The first-order valence-corrected chi connectivity index (χ1v) is 8.29. The predicted octanol–water partition coefficient (Wildman–Crippen LogP) is 4.02. The monoisotopic (exact) mass is 343 g/mol. The van der Waals surface area contributed by atoms with Crippen LogP contribution in [0.2, 0.25) is 0 Å². The Morgan fingerprint density at radius 3 is 2.32 bits per heavy atom. The maximum Gasteiger partial charge on any atom is 0.203 e. The fourth-order valence-electron chi connectivity index (χ4n) is 2.61. The van der Waals surface area contributed by atoms with Gasteiger partial charge in [-0.1, -0.05) is 19.4 Å². The summed E-state index contributed by atoms with van der Waals surface area (Å²) < 4.78 is 16.4. The minimum atomic E-state index is -0.604. The van der Waals surface area contributed by atoms with E-state index in [9.17, 15) is 4.79 Å². The zero-order valence-electron chi connectivity index (χ0n) is 15.2. The smallest absolute Gasteiger partial charge is 0.203 e. The first-order valence-electron chi connectivity index (χ1n) is 8.29. The van der Waals surface area contributed by atoms with Crippen molar-refractivity contribution in [3.05, 3.63) is 47.5 Å². The second-order valence-corrected chi connectivity index (χ2v) is 5.87. The van der Waals surface area contributed by atoms with Gasteiger partial charge in [0.05, 0.1) is 19.9 Å². The molecule has 0 saturated heterocycles. The molecule has 25 heavy (non-hydrogen) atoms. The molecule has 0 amide bonds. The molecule has 0 spiro atoms. The molecule has 2 aromatic rings. The minimum Gasteiger partial charge on any atom is -0.493 e. The van der Waals surface area contributed by atoms with Crippen LogP contribution < -0.4 is 19.9 Å². The van der Waals surface area contributed by atoms with Gasteiger partial charge in [-0.25, -0.2) is 0 Å². The zero-order valence-corrected chi connectivity index (χ0v) is 15.2. The van der Waals surface area contributed by atoms with Gasteiger partial charge in [-0.05, 0) is 49.2 Å². The topological polar surface area (TPSA) is 70.8 Å². The summed E-state index contributed by atoms with van der Waals surface area (Å²) in [4.78, 5) is 12.9. The number of anilines is 1.